The maximum atomic E-state index is 13.3. The Hall–Kier alpha value is -2.16. The molecule has 0 radical (unpaired) electrons. The van der Waals surface area contributed by atoms with Gasteiger partial charge in [0.15, 0.2) is 0 Å². The standard InChI is InChI=1S/C23H27BrN4O2S/c1-2-10-31(29,30)28-14-19-12-20(24)8-9-23(19)27(15-21-13-25-17-26-21)16-22(28)11-18-6-4-3-5-7-18/h3-9,12-13,17,22H,2,10-11,14-16H2,1H3,(H,25,26). The van der Waals surface area contributed by atoms with E-state index in [1.54, 1.807) is 10.6 Å². The second-order valence-electron chi connectivity index (χ2n) is 7.92. The highest BCUT2D eigenvalue weighted by molar-refractivity contribution is 9.10. The predicted molar refractivity (Wildman–Crippen MR) is 127 cm³/mol. The number of H-pyrrole nitrogens is 1. The molecule has 2 aromatic carbocycles. The fourth-order valence-electron chi connectivity index (χ4n) is 4.21. The van der Waals surface area contributed by atoms with E-state index in [0.717, 1.165) is 27.0 Å². The second-order valence-corrected chi connectivity index (χ2v) is 10.9. The summed E-state index contributed by atoms with van der Waals surface area (Å²) in [6.07, 6.45) is 4.82. The number of nitrogens with one attached hydrogen (secondary N) is 1. The highest BCUT2D eigenvalue weighted by Gasteiger charge is 2.35. The number of anilines is 1. The summed E-state index contributed by atoms with van der Waals surface area (Å²) in [6, 6.07) is 16.1. The van der Waals surface area contributed by atoms with Crippen LogP contribution in [0.1, 0.15) is 30.2 Å². The van der Waals surface area contributed by atoms with E-state index >= 15 is 0 Å². The lowest BCUT2D eigenvalue weighted by atomic mass is 10.1. The van der Waals surface area contributed by atoms with Crippen molar-refractivity contribution in [2.75, 3.05) is 17.2 Å². The Morgan fingerprint density at radius 3 is 2.71 bits per heavy atom. The molecule has 0 aliphatic carbocycles. The van der Waals surface area contributed by atoms with E-state index in [1.807, 2.05) is 43.5 Å². The van der Waals surface area contributed by atoms with Crippen LogP contribution in [0.3, 0.4) is 0 Å². The Labute approximate surface area is 192 Å². The van der Waals surface area contributed by atoms with Crippen molar-refractivity contribution in [3.63, 3.8) is 0 Å². The van der Waals surface area contributed by atoms with Gasteiger partial charge in [-0.1, -0.05) is 53.2 Å². The van der Waals surface area contributed by atoms with Crippen molar-refractivity contribution in [3.8, 4) is 0 Å². The van der Waals surface area contributed by atoms with Crippen molar-refractivity contribution in [3.05, 3.63) is 82.3 Å². The molecule has 0 bridgehead atoms. The molecule has 3 aromatic rings. The number of rotatable bonds is 7. The molecule has 0 fully saturated rings. The van der Waals surface area contributed by atoms with E-state index in [1.165, 1.54) is 0 Å². The Balaban J connectivity index is 1.77. The van der Waals surface area contributed by atoms with Crippen molar-refractivity contribution in [1.29, 1.82) is 0 Å². The van der Waals surface area contributed by atoms with Crippen LogP contribution in [0.25, 0.3) is 0 Å². The fraction of sp³-hybridized carbons (Fsp3) is 0.348. The Bertz CT molecular complexity index is 1100. The quantitative estimate of drug-likeness (QED) is 0.521. The molecule has 1 unspecified atom stereocenters. The molecule has 1 aromatic heterocycles. The molecular formula is C23H27BrN4O2S. The van der Waals surface area contributed by atoms with Gasteiger partial charge in [0, 0.05) is 35.5 Å². The van der Waals surface area contributed by atoms with Crippen LogP contribution in [-0.4, -0.2) is 41.0 Å². The van der Waals surface area contributed by atoms with Gasteiger partial charge in [0.05, 0.1) is 24.3 Å². The first-order chi connectivity index (χ1) is 15.0. The molecular weight excluding hydrogens is 476 g/mol. The van der Waals surface area contributed by atoms with Gasteiger partial charge < -0.3 is 9.88 Å². The molecule has 0 amide bonds. The normalized spacial score (nSPS) is 17.4. The zero-order chi connectivity index (χ0) is 21.8. The van der Waals surface area contributed by atoms with Crippen LogP contribution < -0.4 is 4.90 Å². The highest BCUT2D eigenvalue weighted by atomic mass is 79.9. The molecule has 4 rings (SSSR count). The topological polar surface area (TPSA) is 69.3 Å². The van der Waals surface area contributed by atoms with Crippen molar-refractivity contribution >= 4 is 31.6 Å². The minimum atomic E-state index is -3.40. The largest absolute Gasteiger partial charge is 0.364 e. The third-order valence-corrected chi connectivity index (χ3v) is 8.15. The SMILES string of the molecule is CCCS(=O)(=O)N1Cc2cc(Br)ccc2N(Cc2c[nH]cn2)CC1Cc1ccccc1. The average Bonchev–Trinajstić information content (AvgIpc) is 3.19. The molecule has 1 aliphatic rings. The lowest BCUT2D eigenvalue weighted by Crippen LogP contribution is -2.46. The number of hydrogen-bond donors (Lipinski definition) is 1. The maximum Gasteiger partial charge on any atom is 0.214 e. The summed E-state index contributed by atoms with van der Waals surface area (Å²) in [5, 5.41) is 0. The number of benzene rings is 2. The lowest BCUT2D eigenvalue weighted by molar-refractivity contribution is 0.317. The van der Waals surface area contributed by atoms with Gasteiger partial charge in [-0.15, -0.1) is 0 Å². The monoisotopic (exact) mass is 502 g/mol. The van der Waals surface area contributed by atoms with Crippen LogP contribution in [0.5, 0.6) is 0 Å². The van der Waals surface area contributed by atoms with Gasteiger partial charge in [-0.3, -0.25) is 0 Å². The van der Waals surface area contributed by atoms with Crippen LogP contribution in [0, 0.1) is 0 Å². The molecule has 164 valence electrons. The number of aromatic nitrogens is 2. The Morgan fingerprint density at radius 1 is 1.19 bits per heavy atom. The number of nitrogens with zero attached hydrogens (tertiary/aromatic N) is 3. The van der Waals surface area contributed by atoms with E-state index in [4.69, 9.17) is 0 Å². The third kappa shape index (κ3) is 5.19. The van der Waals surface area contributed by atoms with Crippen molar-refractivity contribution in [2.24, 2.45) is 0 Å². The molecule has 0 spiro atoms. The number of imidazole rings is 1. The summed E-state index contributed by atoms with van der Waals surface area (Å²) in [5.41, 5.74) is 4.12. The van der Waals surface area contributed by atoms with Gasteiger partial charge in [-0.2, -0.15) is 4.31 Å². The summed E-state index contributed by atoms with van der Waals surface area (Å²) in [5.74, 6) is 0.154. The molecule has 1 N–H and O–H groups in total. The number of sulfonamides is 1. The summed E-state index contributed by atoms with van der Waals surface area (Å²) >= 11 is 3.56. The smallest absolute Gasteiger partial charge is 0.214 e. The maximum absolute atomic E-state index is 13.3. The second kappa shape index (κ2) is 9.54. The van der Waals surface area contributed by atoms with Crippen LogP contribution in [0.15, 0.2) is 65.5 Å². The zero-order valence-electron chi connectivity index (χ0n) is 17.5. The first-order valence-electron chi connectivity index (χ1n) is 10.5. The summed E-state index contributed by atoms with van der Waals surface area (Å²) < 4.78 is 29.3. The van der Waals surface area contributed by atoms with Crippen LogP contribution >= 0.6 is 15.9 Å². The van der Waals surface area contributed by atoms with E-state index in [0.29, 0.717) is 32.5 Å². The Kier molecular flexibility index (Phi) is 6.79. The van der Waals surface area contributed by atoms with Crippen LogP contribution in [-0.2, 0) is 29.5 Å². The predicted octanol–water partition coefficient (Wildman–Crippen LogP) is 4.35. The summed E-state index contributed by atoms with van der Waals surface area (Å²) in [4.78, 5) is 9.67. The van der Waals surface area contributed by atoms with Gasteiger partial charge in [0.1, 0.15) is 0 Å². The van der Waals surface area contributed by atoms with Crippen LogP contribution in [0.2, 0.25) is 0 Å². The average molecular weight is 503 g/mol. The fourth-order valence-corrected chi connectivity index (χ4v) is 6.30. The minimum Gasteiger partial charge on any atom is -0.364 e. The molecule has 6 nitrogen and oxygen atoms in total. The highest BCUT2D eigenvalue weighted by Crippen LogP contribution is 2.33. The zero-order valence-corrected chi connectivity index (χ0v) is 19.9. The van der Waals surface area contributed by atoms with E-state index in [9.17, 15) is 8.42 Å². The van der Waals surface area contributed by atoms with Crippen molar-refractivity contribution < 1.29 is 8.42 Å². The minimum absolute atomic E-state index is 0.154. The molecule has 0 saturated carbocycles. The molecule has 8 heteroatoms. The van der Waals surface area contributed by atoms with E-state index < -0.39 is 10.0 Å². The number of aromatic amines is 1. The third-order valence-electron chi connectivity index (χ3n) is 5.59. The number of fused-ring (bicyclic) bond motifs is 1. The molecule has 31 heavy (non-hydrogen) atoms. The van der Waals surface area contributed by atoms with Gasteiger partial charge >= 0.3 is 0 Å². The molecule has 0 saturated heterocycles. The number of halogens is 1. The summed E-state index contributed by atoms with van der Waals surface area (Å²) in [7, 11) is -3.40. The molecule has 1 atom stereocenters. The van der Waals surface area contributed by atoms with Gasteiger partial charge in [-0.25, -0.2) is 13.4 Å². The first-order valence-corrected chi connectivity index (χ1v) is 12.9. The van der Waals surface area contributed by atoms with Gasteiger partial charge in [0.2, 0.25) is 10.0 Å². The summed E-state index contributed by atoms with van der Waals surface area (Å²) in [6.45, 7) is 3.49. The van der Waals surface area contributed by atoms with Crippen molar-refractivity contribution in [1.82, 2.24) is 14.3 Å². The lowest BCUT2D eigenvalue weighted by Gasteiger charge is -2.32. The van der Waals surface area contributed by atoms with Gasteiger partial charge in [0.25, 0.3) is 0 Å². The van der Waals surface area contributed by atoms with Crippen LogP contribution in [0.4, 0.5) is 5.69 Å². The molecule has 2 heterocycles. The van der Waals surface area contributed by atoms with Crippen molar-refractivity contribution in [2.45, 2.75) is 38.9 Å². The Morgan fingerprint density at radius 2 is 2.00 bits per heavy atom. The van der Waals surface area contributed by atoms with Gasteiger partial charge in [-0.05, 0) is 42.2 Å². The molecule has 1 aliphatic heterocycles. The number of hydrogen-bond acceptors (Lipinski definition) is 4. The first kappa shape index (κ1) is 22.0. The van der Waals surface area contributed by atoms with E-state index in [-0.39, 0.29) is 11.8 Å². The van der Waals surface area contributed by atoms with E-state index in [2.05, 4.69) is 49.0 Å².